The Labute approximate surface area is 144 Å². The number of carboxylic acids is 1. The topological polar surface area (TPSA) is 77.8 Å². The lowest BCUT2D eigenvalue weighted by molar-refractivity contribution is -0.195. The maximum absolute atomic E-state index is 12.1. The van der Waals surface area contributed by atoms with Gasteiger partial charge in [-0.1, -0.05) is 19.9 Å². The number of rotatable bonds is 1. The molecule has 2 bridgehead atoms. The summed E-state index contributed by atoms with van der Waals surface area (Å²) < 4.78 is 0. The van der Waals surface area contributed by atoms with Crippen molar-refractivity contribution in [3.63, 3.8) is 0 Å². The molecule has 0 heterocycles. The summed E-state index contributed by atoms with van der Waals surface area (Å²) in [6, 6.07) is 0. The lowest BCUT2D eigenvalue weighted by Crippen LogP contribution is -2.60. The molecule has 134 valence electrons. The van der Waals surface area contributed by atoms with Gasteiger partial charge in [-0.15, -0.1) is 0 Å². The third-order valence-electron chi connectivity index (χ3n) is 8.79. The summed E-state index contributed by atoms with van der Waals surface area (Å²) in [5.41, 5.74) is -1.35. The summed E-state index contributed by atoms with van der Waals surface area (Å²) in [7, 11) is 0. The lowest BCUT2D eigenvalue weighted by atomic mass is 9.40. The summed E-state index contributed by atoms with van der Waals surface area (Å²) in [5, 5.41) is 31.8. The molecular weight excluding hydrogens is 304 g/mol. The molecule has 4 heteroatoms. The van der Waals surface area contributed by atoms with Crippen LogP contribution in [-0.2, 0) is 4.79 Å². The van der Waals surface area contributed by atoms with Crippen LogP contribution in [0.15, 0.2) is 12.2 Å². The molecule has 0 radical (unpaired) electrons. The van der Waals surface area contributed by atoms with Gasteiger partial charge in [-0.25, -0.2) is 0 Å². The number of aliphatic carboxylic acids is 1. The second kappa shape index (κ2) is 4.64. The maximum Gasteiger partial charge on any atom is 0.309 e. The van der Waals surface area contributed by atoms with Gasteiger partial charge in [0.2, 0.25) is 0 Å². The first-order valence-corrected chi connectivity index (χ1v) is 9.43. The van der Waals surface area contributed by atoms with Gasteiger partial charge >= 0.3 is 5.97 Å². The van der Waals surface area contributed by atoms with E-state index in [2.05, 4.69) is 13.5 Å². The Hall–Kier alpha value is -0.870. The van der Waals surface area contributed by atoms with E-state index < -0.39 is 23.1 Å². The normalized spacial score (nSPS) is 56.5. The number of aliphatic hydroxyl groups excluding tert-OH is 1. The smallest absolute Gasteiger partial charge is 0.309 e. The molecule has 0 saturated heterocycles. The summed E-state index contributed by atoms with van der Waals surface area (Å²) in [6.07, 6.45) is 5.84. The highest BCUT2D eigenvalue weighted by Gasteiger charge is 2.70. The van der Waals surface area contributed by atoms with Crippen molar-refractivity contribution in [2.45, 2.75) is 76.9 Å². The number of hydrogen-bond donors (Lipinski definition) is 3. The van der Waals surface area contributed by atoms with E-state index in [9.17, 15) is 20.1 Å². The molecule has 0 aliphatic heterocycles. The van der Waals surface area contributed by atoms with E-state index >= 15 is 0 Å². The van der Waals surface area contributed by atoms with Crippen LogP contribution in [0, 0.1) is 28.1 Å². The Bertz CT molecular complexity index is 615. The fourth-order valence-electron chi connectivity index (χ4n) is 7.62. The van der Waals surface area contributed by atoms with Crippen molar-refractivity contribution in [3.05, 3.63) is 12.2 Å². The number of hydrogen-bond acceptors (Lipinski definition) is 3. The quantitative estimate of drug-likeness (QED) is 0.644. The van der Waals surface area contributed by atoms with Crippen molar-refractivity contribution >= 4 is 5.97 Å². The van der Waals surface area contributed by atoms with Crippen molar-refractivity contribution in [2.75, 3.05) is 0 Å². The first-order valence-electron chi connectivity index (χ1n) is 9.43. The summed E-state index contributed by atoms with van der Waals surface area (Å²) in [5.74, 6) is -0.241. The lowest BCUT2D eigenvalue weighted by Gasteiger charge is -2.64. The van der Waals surface area contributed by atoms with E-state index in [1.54, 1.807) is 0 Å². The number of carboxylic acid groups (broad SMARTS) is 1. The molecule has 1 unspecified atom stereocenters. The van der Waals surface area contributed by atoms with E-state index in [1.165, 1.54) is 0 Å². The molecule has 3 N–H and O–H groups in total. The average Bonchev–Trinajstić information content (AvgIpc) is 2.64. The highest BCUT2D eigenvalue weighted by atomic mass is 16.4. The third kappa shape index (κ3) is 1.69. The molecule has 4 fully saturated rings. The molecule has 0 aromatic carbocycles. The zero-order chi connectivity index (χ0) is 17.5. The standard InChI is InChI=1S/C20H30O4/c1-12-15(21)19-9-5-13-17(2,7-4-8-18(13,3)16(22)23)14(19)6-10-20(12,24)11-19/h13-15,21,24H,1,4-11H2,2-3H3,(H,22,23)/t13-,14-,15?,17+,18+,19+,20-/m0/s1. The van der Waals surface area contributed by atoms with Gasteiger partial charge in [-0.2, -0.15) is 0 Å². The van der Waals surface area contributed by atoms with Crippen molar-refractivity contribution in [2.24, 2.45) is 28.1 Å². The second-order valence-electron chi connectivity index (χ2n) is 9.63. The predicted octanol–water partition coefficient (Wildman–Crippen LogP) is 3.13. The van der Waals surface area contributed by atoms with Gasteiger partial charge in [-0.3, -0.25) is 4.79 Å². The van der Waals surface area contributed by atoms with Gasteiger partial charge in [0.05, 0.1) is 17.1 Å². The summed E-state index contributed by atoms with van der Waals surface area (Å²) in [6.45, 7) is 8.22. The first-order chi connectivity index (χ1) is 11.1. The van der Waals surface area contributed by atoms with Crippen LogP contribution in [0.1, 0.15) is 65.2 Å². The first kappa shape index (κ1) is 16.6. The predicted molar refractivity (Wildman–Crippen MR) is 90.3 cm³/mol. The molecule has 1 spiro atoms. The van der Waals surface area contributed by atoms with Crippen LogP contribution in [0.25, 0.3) is 0 Å². The Balaban J connectivity index is 1.79. The zero-order valence-electron chi connectivity index (χ0n) is 14.8. The maximum atomic E-state index is 12.1. The number of fused-ring (bicyclic) bond motifs is 3. The Morgan fingerprint density at radius 2 is 1.79 bits per heavy atom. The van der Waals surface area contributed by atoms with Crippen LogP contribution in [0.4, 0.5) is 0 Å². The van der Waals surface area contributed by atoms with Crippen molar-refractivity contribution < 1.29 is 20.1 Å². The minimum Gasteiger partial charge on any atom is -0.481 e. The van der Waals surface area contributed by atoms with Crippen LogP contribution in [0.2, 0.25) is 0 Å². The fraction of sp³-hybridized carbons (Fsp3) is 0.850. The Kier molecular flexibility index (Phi) is 3.21. The van der Waals surface area contributed by atoms with Crippen molar-refractivity contribution in [1.29, 1.82) is 0 Å². The van der Waals surface area contributed by atoms with E-state index in [0.717, 1.165) is 38.5 Å². The molecular formula is C20H30O4. The largest absolute Gasteiger partial charge is 0.481 e. The molecule has 7 atom stereocenters. The van der Waals surface area contributed by atoms with Gasteiger partial charge in [-0.05, 0) is 74.7 Å². The van der Waals surface area contributed by atoms with Gasteiger partial charge < -0.3 is 15.3 Å². The van der Waals surface area contributed by atoms with E-state index in [-0.39, 0.29) is 22.7 Å². The molecule has 4 rings (SSSR count). The average molecular weight is 334 g/mol. The molecule has 4 aliphatic rings. The molecule has 0 aromatic rings. The van der Waals surface area contributed by atoms with Gasteiger partial charge in [0.1, 0.15) is 0 Å². The van der Waals surface area contributed by atoms with Crippen LogP contribution >= 0.6 is 0 Å². The SMILES string of the molecule is C=C1C(O)[C@@]23CC[C@H]4[C@@](C)(CCC[C@@]4(C)C(=O)O)[C@@H]2CC[C@]1(O)C3. The third-order valence-corrected chi connectivity index (χ3v) is 8.79. The fourth-order valence-corrected chi connectivity index (χ4v) is 7.62. The molecule has 4 aliphatic carbocycles. The summed E-state index contributed by atoms with van der Waals surface area (Å²) >= 11 is 0. The zero-order valence-corrected chi connectivity index (χ0v) is 14.8. The molecule has 24 heavy (non-hydrogen) atoms. The molecule has 0 amide bonds. The molecule has 4 nitrogen and oxygen atoms in total. The van der Waals surface area contributed by atoms with Gasteiger partial charge in [0.15, 0.2) is 0 Å². The van der Waals surface area contributed by atoms with E-state index in [1.807, 2.05) is 6.92 Å². The van der Waals surface area contributed by atoms with Crippen LogP contribution in [-0.4, -0.2) is 33.0 Å². The van der Waals surface area contributed by atoms with Crippen LogP contribution in [0.3, 0.4) is 0 Å². The van der Waals surface area contributed by atoms with Crippen molar-refractivity contribution in [1.82, 2.24) is 0 Å². The monoisotopic (exact) mass is 334 g/mol. The van der Waals surface area contributed by atoms with Gasteiger partial charge in [0, 0.05) is 5.41 Å². The highest BCUT2D eigenvalue weighted by molar-refractivity contribution is 5.75. The number of aliphatic hydroxyl groups is 2. The van der Waals surface area contributed by atoms with Crippen molar-refractivity contribution in [3.8, 4) is 0 Å². The molecule has 4 saturated carbocycles. The Morgan fingerprint density at radius 1 is 1.12 bits per heavy atom. The Morgan fingerprint density at radius 3 is 2.46 bits per heavy atom. The summed E-state index contributed by atoms with van der Waals surface area (Å²) in [4.78, 5) is 12.1. The number of carbonyl (C=O) groups is 1. The highest BCUT2D eigenvalue weighted by Crippen LogP contribution is 2.72. The minimum absolute atomic E-state index is 0.0728. The van der Waals surface area contributed by atoms with E-state index in [0.29, 0.717) is 18.4 Å². The second-order valence-corrected chi connectivity index (χ2v) is 9.63. The van der Waals surface area contributed by atoms with Gasteiger partial charge in [0.25, 0.3) is 0 Å². The van der Waals surface area contributed by atoms with Crippen LogP contribution in [0.5, 0.6) is 0 Å². The molecule has 0 aromatic heterocycles. The minimum atomic E-state index is -0.913. The van der Waals surface area contributed by atoms with Crippen LogP contribution < -0.4 is 0 Å². The van der Waals surface area contributed by atoms with E-state index in [4.69, 9.17) is 0 Å².